The largest absolute Gasteiger partial charge is 0.264 e. The third-order valence-electron chi connectivity index (χ3n) is 1.91. The van der Waals surface area contributed by atoms with Gasteiger partial charge in [0.15, 0.2) is 0 Å². The maximum Gasteiger partial charge on any atom is 0.240 e. The molecule has 0 unspecified atom stereocenters. The van der Waals surface area contributed by atoms with Gasteiger partial charge in [-0.2, -0.15) is 4.99 Å². The number of benzene rings is 1. The summed E-state index contributed by atoms with van der Waals surface area (Å²) < 4.78 is 0.936. The van der Waals surface area contributed by atoms with E-state index in [0.29, 0.717) is 5.69 Å². The van der Waals surface area contributed by atoms with Crippen LogP contribution in [0.25, 0.3) is 10.8 Å². The molecule has 3 nitrogen and oxygen atoms in total. The monoisotopic (exact) mass is 248 g/mol. The normalized spacial score (nSPS) is 9.79. The molecule has 0 saturated carbocycles. The molecule has 0 radical (unpaired) electrons. The molecule has 0 fully saturated rings. The first-order chi connectivity index (χ1) is 6.83. The van der Waals surface area contributed by atoms with E-state index in [9.17, 15) is 4.79 Å². The Kier molecular flexibility index (Phi) is 2.39. The average Bonchev–Trinajstić information content (AvgIpc) is 2.23. The Balaban J connectivity index is 2.88. The molecule has 68 valence electrons. The Labute approximate surface area is 88.6 Å². The van der Waals surface area contributed by atoms with Crippen molar-refractivity contribution in [3.8, 4) is 0 Å². The second-order valence-corrected chi connectivity index (χ2v) is 3.55. The number of aromatic nitrogens is 1. The molecule has 0 aliphatic carbocycles. The number of fused-ring (bicyclic) bond motifs is 1. The van der Waals surface area contributed by atoms with Crippen LogP contribution in [0.4, 0.5) is 5.69 Å². The van der Waals surface area contributed by atoms with Gasteiger partial charge in [0.25, 0.3) is 0 Å². The average molecular weight is 249 g/mol. The van der Waals surface area contributed by atoms with E-state index in [0.717, 1.165) is 15.2 Å². The van der Waals surface area contributed by atoms with Crippen molar-refractivity contribution in [3.63, 3.8) is 0 Å². The van der Waals surface area contributed by atoms with Gasteiger partial charge in [-0.15, -0.1) is 0 Å². The minimum absolute atomic E-state index is 0.612. The molecule has 1 aromatic heterocycles. The Morgan fingerprint density at radius 3 is 2.93 bits per heavy atom. The van der Waals surface area contributed by atoms with Crippen molar-refractivity contribution in [2.24, 2.45) is 4.99 Å². The lowest BCUT2D eigenvalue weighted by molar-refractivity contribution is 0.565. The van der Waals surface area contributed by atoms with E-state index in [1.54, 1.807) is 18.5 Å². The predicted molar refractivity (Wildman–Crippen MR) is 57.2 cm³/mol. The van der Waals surface area contributed by atoms with Crippen molar-refractivity contribution in [3.05, 3.63) is 35.1 Å². The summed E-state index contributed by atoms with van der Waals surface area (Å²) in [7, 11) is 0. The van der Waals surface area contributed by atoms with Crippen LogP contribution in [0.1, 0.15) is 0 Å². The van der Waals surface area contributed by atoms with E-state index in [1.165, 1.54) is 6.08 Å². The topological polar surface area (TPSA) is 42.3 Å². The molecule has 0 saturated heterocycles. The van der Waals surface area contributed by atoms with E-state index in [-0.39, 0.29) is 0 Å². The number of isocyanates is 1. The summed E-state index contributed by atoms with van der Waals surface area (Å²) >= 11 is 3.40. The van der Waals surface area contributed by atoms with Gasteiger partial charge in [0, 0.05) is 27.6 Å². The summed E-state index contributed by atoms with van der Waals surface area (Å²) in [5.74, 6) is 0. The van der Waals surface area contributed by atoms with Gasteiger partial charge < -0.3 is 0 Å². The quantitative estimate of drug-likeness (QED) is 0.575. The highest BCUT2D eigenvalue weighted by molar-refractivity contribution is 9.10. The number of pyridine rings is 1. The SMILES string of the molecule is O=C=Nc1ccc(Br)c2cnccc12. The van der Waals surface area contributed by atoms with Crippen LogP contribution in [-0.4, -0.2) is 11.1 Å². The minimum atomic E-state index is 0.612. The molecule has 4 heteroatoms. The maximum absolute atomic E-state index is 10.2. The van der Waals surface area contributed by atoms with Gasteiger partial charge in [0.1, 0.15) is 0 Å². The van der Waals surface area contributed by atoms with Crippen molar-refractivity contribution in [2.45, 2.75) is 0 Å². The summed E-state index contributed by atoms with van der Waals surface area (Å²) in [6.07, 6.45) is 4.93. The first-order valence-corrected chi connectivity index (χ1v) is 4.72. The molecule has 0 N–H and O–H groups in total. The summed E-state index contributed by atoms with van der Waals surface area (Å²) in [5.41, 5.74) is 0.612. The molecule has 1 heterocycles. The van der Waals surface area contributed by atoms with Crippen LogP contribution in [0.5, 0.6) is 0 Å². The van der Waals surface area contributed by atoms with Gasteiger partial charge in [0.05, 0.1) is 5.69 Å². The second-order valence-electron chi connectivity index (χ2n) is 2.69. The summed E-state index contributed by atoms with van der Waals surface area (Å²) in [4.78, 5) is 17.8. The fourth-order valence-corrected chi connectivity index (χ4v) is 1.73. The number of aliphatic imine (C=N–C) groups is 1. The number of hydrogen-bond donors (Lipinski definition) is 0. The van der Waals surface area contributed by atoms with Gasteiger partial charge in [-0.05, 0) is 18.2 Å². The zero-order valence-corrected chi connectivity index (χ0v) is 8.65. The molecule has 0 atom stereocenters. The van der Waals surface area contributed by atoms with Crippen molar-refractivity contribution >= 4 is 38.5 Å². The Morgan fingerprint density at radius 2 is 2.14 bits per heavy atom. The summed E-state index contributed by atoms with van der Waals surface area (Å²) in [5, 5.41) is 1.82. The molecular formula is C10H5BrN2O. The number of rotatable bonds is 1. The van der Waals surface area contributed by atoms with E-state index in [1.807, 2.05) is 12.1 Å². The molecule has 0 spiro atoms. The van der Waals surface area contributed by atoms with Crippen LogP contribution in [0.3, 0.4) is 0 Å². The molecular weight excluding hydrogens is 244 g/mol. The smallest absolute Gasteiger partial charge is 0.240 e. The molecule has 14 heavy (non-hydrogen) atoms. The molecule has 2 rings (SSSR count). The zero-order valence-electron chi connectivity index (χ0n) is 7.07. The molecule has 0 amide bonds. The number of halogens is 1. The minimum Gasteiger partial charge on any atom is -0.264 e. The van der Waals surface area contributed by atoms with Crippen molar-refractivity contribution in [2.75, 3.05) is 0 Å². The van der Waals surface area contributed by atoms with Crippen LogP contribution < -0.4 is 0 Å². The van der Waals surface area contributed by atoms with E-state index in [2.05, 4.69) is 25.9 Å². The highest BCUT2D eigenvalue weighted by atomic mass is 79.9. The maximum atomic E-state index is 10.2. The molecule has 0 bridgehead atoms. The Hall–Kier alpha value is -1.51. The fourth-order valence-electron chi connectivity index (χ4n) is 1.29. The van der Waals surface area contributed by atoms with E-state index in [4.69, 9.17) is 0 Å². The molecule has 0 aliphatic heterocycles. The van der Waals surface area contributed by atoms with Crippen LogP contribution in [0.15, 0.2) is 40.1 Å². The van der Waals surface area contributed by atoms with Crippen molar-refractivity contribution < 1.29 is 4.79 Å². The van der Waals surface area contributed by atoms with E-state index < -0.39 is 0 Å². The fraction of sp³-hybridized carbons (Fsp3) is 0. The summed E-state index contributed by atoms with van der Waals surface area (Å²) in [6.45, 7) is 0. The predicted octanol–water partition coefficient (Wildman–Crippen LogP) is 2.96. The zero-order chi connectivity index (χ0) is 9.97. The van der Waals surface area contributed by atoms with Gasteiger partial charge in [-0.3, -0.25) is 4.98 Å². The second kappa shape index (κ2) is 3.70. The van der Waals surface area contributed by atoms with Gasteiger partial charge in [-0.1, -0.05) is 15.9 Å². The number of hydrogen-bond acceptors (Lipinski definition) is 3. The van der Waals surface area contributed by atoms with Gasteiger partial charge in [0.2, 0.25) is 6.08 Å². The molecule has 2 aromatic rings. The standard InChI is InChI=1S/C10H5BrN2O/c11-9-1-2-10(13-6-14)7-3-4-12-5-8(7)9/h1-5H. The first-order valence-electron chi connectivity index (χ1n) is 3.93. The molecule has 1 aromatic carbocycles. The third kappa shape index (κ3) is 1.45. The summed E-state index contributed by atoms with van der Waals surface area (Å²) in [6, 6.07) is 5.41. The highest BCUT2D eigenvalue weighted by Gasteiger charge is 2.02. The highest BCUT2D eigenvalue weighted by Crippen LogP contribution is 2.30. The van der Waals surface area contributed by atoms with Crippen molar-refractivity contribution in [1.82, 2.24) is 4.98 Å². The van der Waals surface area contributed by atoms with Crippen LogP contribution in [0.2, 0.25) is 0 Å². The van der Waals surface area contributed by atoms with Crippen LogP contribution in [-0.2, 0) is 4.79 Å². The number of carbonyl (C=O) groups excluding carboxylic acids is 1. The number of nitrogens with zero attached hydrogens (tertiary/aromatic N) is 2. The first kappa shape index (κ1) is 9.06. The van der Waals surface area contributed by atoms with Gasteiger partial charge in [-0.25, -0.2) is 4.79 Å². The van der Waals surface area contributed by atoms with Crippen LogP contribution in [0, 0.1) is 0 Å². The lowest BCUT2D eigenvalue weighted by Crippen LogP contribution is -1.77. The molecule has 0 aliphatic rings. The Morgan fingerprint density at radius 1 is 1.29 bits per heavy atom. The van der Waals surface area contributed by atoms with Gasteiger partial charge >= 0.3 is 0 Å². The lowest BCUT2D eigenvalue weighted by atomic mass is 10.1. The lowest BCUT2D eigenvalue weighted by Gasteiger charge is -2.01. The third-order valence-corrected chi connectivity index (χ3v) is 2.60. The Bertz CT molecular complexity index is 533. The van der Waals surface area contributed by atoms with E-state index >= 15 is 0 Å². The van der Waals surface area contributed by atoms with Crippen molar-refractivity contribution in [1.29, 1.82) is 0 Å². The van der Waals surface area contributed by atoms with Crippen LogP contribution >= 0.6 is 15.9 Å².